The molecule has 0 fully saturated rings. The summed E-state index contributed by atoms with van der Waals surface area (Å²) in [6.07, 6.45) is 1.73. The topological polar surface area (TPSA) is 136 Å². The quantitative estimate of drug-likeness (QED) is 0.294. The molecule has 4 rings (SSSR count). The molecule has 0 saturated carbocycles. The smallest absolute Gasteiger partial charge is 0.350 e. The minimum Gasteiger partial charge on any atom is -0.462 e. The van der Waals surface area contributed by atoms with E-state index in [1.54, 1.807) is 20.2 Å². The van der Waals surface area contributed by atoms with Gasteiger partial charge in [-0.05, 0) is 38.5 Å². The van der Waals surface area contributed by atoms with Crippen LogP contribution in [0.15, 0.2) is 30.6 Å². The van der Waals surface area contributed by atoms with Crippen molar-refractivity contribution in [3.8, 4) is 0 Å². The summed E-state index contributed by atoms with van der Waals surface area (Å²) < 4.78 is 7.06. The maximum absolute atomic E-state index is 12.1. The number of imidazole rings is 1. The first-order chi connectivity index (χ1) is 16.9. The summed E-state index contributed by atoms with van der Waals surface area (Å²) in [5.41, 5.74) is 3.65. The molecule has 0 aliphatic rings. The number of carbonyl (C=O) groups is 2. The van der Waals surface area contributed by atoms with Gasteiger partial charge in [0.25, 0.3) is 0 Å². The number of fused-ring (bicyclic) bond motifs is 1. The molecule has 3 aromatic heterocycles. The second-order valence-corrected chi connectivity index (χ2v) is 8.61. The Morgan fingerprint density at radius 2 is 1.89 bits per heavy atom. The van der Waals surface area contributed by atoms with Gasteiger partial charge in [-0.15, -0.1) is 0 Å². The predicted octanol–water partition coefficient (Wildman–Crippen LogP) is 4.10. The molecule has 0 radical (unpaired) electrons. The summed E-state index contributed by atoms with van der Waals surface area (Å²) in [5, 5.41) is 9.71. The minimum absolute atomic E-state index is 0.114. The molecule has 4 aromatic rings. The van der Waals surface area contributed by atoms with Crippen LogP contribution in [-0.4, -0.2) is 43.0 Å². The highest BCUT2D eigenvalue weighted by atomic mass is 32.1. The van der Waals surface area contributed by atoms with Crippen LogP contribution in [0.5, 0.6) is 0 Å². The van der Waals surface area contributed by atoms with Crippen molar-refractivity contribution in [1.82, 2.24) is 24.5 Å². The van der Waals surface area contributed by atoms with E-state index >= 15 is 0 Å². The van der Waals surface area contributed by atoms with Crippen molar-refractivity contribution in [2.75, 3.05) is 22.6 Å². The summed E-state index contributed by atoms with van der Waals surface area (Å²) in [6, 6.07) is 7.57. The van der Waals surface area contributed by atoms with Crippen molar-refractivity contribution < 1.29 is 14.3 Å². The van der Waals surface area contributed by atoms with Gasteiger partial charge in [-0.1, -0.05) is 23.5 Å². The first kappa shape index (κ1) is 24.1. The van der Waals surface area contributed by atoms with Gasteiger partial charge < -0.3 is 19.9 Å². The van der Waals surface area contributed by atoms with Crippen molar-refractivity contribution in [2.24, 2.45) is 0 Å². The van der Waals surface area contributed by atoms with Crippen molar-refractivity contribution in [2.45, 2.75) is 40.8 Å². The number of aryl methyl sites for hydroxylation is 2. The lowest BCUT2D eigenvalue weighted by Gasteiger charge is -2.11. The molecule has 182 valence electrons. The molecule has 1 aromatic carbocycles. The Hall–Kier alpha value is -4.06. The molecular weight excluding hydrogens is 468 g/mol. The second-order valence-electron chi connectivity index (χ2n) is 7.61. The molecule has 0 unspecified atom stereocenters. The monoisotopic (exact) mass is 494 g/mol. The van der Waals surface area contributed by atoms with Gasteiger partial charge in [-0.3, -0.25) is 10.1 Å². The molecule has 35 heavy (non-hydrogen) atoms. The summed E-state index contributed by atoms with van der Waals surface area (Å²) in [6.45, 7) is 8.52. The lowest BCUT2D eigenvalue weighted by Crippen LogP contribution is -2.08. The number of nitrogens with one attached hydrogen (secondary N) is 3. The zero-order valence-corrected chi connectivity index (χ0v) is 20.7. The standard InChI is InChI=1S/C23H26N8O3S/c1-5-31-12-25-20-17(31)19(24-11-15-7-9-16(10-8-15)27-14(4)32)28-22(29-20)30-23-26-13(3)18(35-23)21(33)34-6-2/h7-10,12H,5-6,11H2,1-4H3,(H,27,32)(H2,24,26,28,29,30). The first-order valence-corrected chi connectivity index (χ1v) is 11.9. The van der Waals surface area contributed by atoms with Gasteiger partial charge in [-0.2, -0.15) is 9.97 Å². The number of nitrogens with zero attached hydrogens (tertiary/aromatic N) is 5. The molecule has 3 N–H and O–H groups in total. The van der Waals surface area contributed by atoms with Crippen LogP contribution in [0.2, 0.25) is 0 Å². The zero-order valence-electron chi connectivity index (χ0n) is 19.9. The molecule has 0 spiro atoms. The van der Waals surface area contributed by atoms with Crippen molar-refractivity contribution >= 4 is 57.0 Å². The van der Waals surface area contributed by atoms with Crippen LogP contribution in [0.1, 0.15) is 41.7 Å². The number of hydrogen-bond acceptors (Lipinski definition) is 10. The van der Waals surface area contributed by atoms with E-state index < -0.39 is 5.97 Å². The molecule has 1 amide bonds. The number of carbonyl (C=O) groups excluding carboxylic acids is 2. The summed E-state index contributed by atoms with van der Waals surface area (Å²) in [4.78, 5) is 41.8. The fraction of sp³-hybridized carbons (Fsp3) is 0.304. The lowest BCUT2D eigenvalue weighted by atomic mass is 10.2. The van der Waals surface area contributed by atoms with Crippen molar-refractivity contribution in [3.05, 3.63) is 46.7 Å². The van der Waals surface area contributed by atoms with Crippen LogP contribution < -0.4 is 16.0 Å². The van der Waals surface area contributed by atoms with Gasteiger partial charge in [0.1, 0.15) is 10.4 Å². The van der Waals surface area contributed by atoms with Gasteiger partial charge in [-0.25, -0.2) is 14.8 Å². The summed E-state index contributed by atoms with van der Waals surface area (Å²) in [7, 11) is 0. The van der Waals surface area contributed by atoms with Crippen LogP contribution in [0, 0.1) is 6.92 Å². The van der Waals surface area contributed by atoms with Crippen molar-refractivity contribution in [1.29, 1.82) is 0 Å². The van der Waals surface area contributed by atoms with E-state index in [4.69, 9.17) is 4.74 Å². The van der Waals surface area contributed by atoms with Crippen molar-refractivity contribution in [3.63, 3.8) is 0 Å². The maximum Gasteiger partial charge on any atom is 0.350 e. The molecule has 0 bridgehead atoms. The average Bonchev–Trinajstić information content (AvgIpc) is 3.41. The Morgan fingerprint density at radius 1 is 1.11 bits per heavy atom. The molecular formula is C23H26N8O3S. The van der Waals surface area contributed by atoms with E-state index in [-0.39, 0.29) is 5.91 Å². The van der Waals surface area contributed by atoms with E-state index in [0.29, 0.717) is 52.8 Å². The Morgan fingerprint density at radius 3 is 2.57 bits per heavy atom. The van der Waals surface area contributed by atoms with Crippen LogP contribution >= 0.6 is 11.3 Å². The van der Waals surface area contributed by atoms with Gasteiger partial charge in [0.05, 0.1) is 18.6 Å². The Bertz CT molecular complexity index is 1360. The first-order valence-electron chi connectivity index (χ1n) is 11.1. The van der Waals surface area contributed by atoms with E-state index in [1.807, 2.05) is 35.8 Å². The Labute approximate surface area is 206 Å². The fourth-order valence-electron chi connectivity index (χ4n) is 3.43. The number of esters is 1. The summed E-state index contributed by atoms with van der Waals surface area (Å²) >= 11 is 1.19. The van der Waals surface area contributed by atoms with Crippen LogP contribution in [0.3, 0.4) is 0 Å². The molecule has 0 aliphatic carbocycles. The molecule has 0 aliphatic heterocycles. The third kappa shape index (κ3) is 5.54. The molecule has 11 nitrogen and oxygen atoms in total. The fourth-order valence-corrected chi connectivity index (χ4v) is 4.28. The molecule has 12 heteroatoms. The number of anilines is 4. The normalized spacial score (nSPS) is 10.9. The molecule has 3 heterocycles. The van der Waals surface area contributed by atoms with E-state index in [9.17, 15) is 9.59 Å². The van der Waals surface area contributed by atoms with E-state index in [1.165, 1.54) is 18.3 Å². The number of benzene rings is 1. The number of ether oxygens (including phenoxy) is 1. The van der Waals surface area contributed by atoms with Gasteiger partial charge >= 0.3 is 5.97 Å². The number of thiazole rings is 1. The largest absolute Gasteiger partial charge is 0.462 e. The highest BCUT2D eigenvalue weighted by Gasteiger charge is 2.18. The van der Waals surface area contributed by atoms with Gasteiger partial charge in [0.15, 0.2) is 16.6 Å². The number of hydrogen-bond donors (Lipinski definition) is 3. The lowest BCUT2D eigenvalue weighted by molar-refractivity contribution is -0.114. The number of amides is 1. The van der Waals surface area contributed by atoms with E-state index in [0.717, 1.165) is 16.8 Å². The van der Waals surface area contributed by atoms with E-state index in [2.05, 4.69) is 35.9 Å². The Balaban J connectivity index is 1.58. The highest BCUT2D eigenvalue weighted by molar-refractivity contribution is 7.17. The third-order valence-electron chi connectivity index (χ3n) is 5.02. The third-order valence-corrected chi connectivity index (χ3v) is 6.08. The number of aromatic nitrogens is 5. The second kappa shape index (κ2) is 10.5. The van der Waals surface area contributed by atoms with Crippen LogP contribution in [-0.2, 0) is 22.6 Å². The molecule has 0 atom stereocenters. The molecule has 0 saturated heterocycles. The minimum atomic E-state index is -0.402. The number of rotatable bonds is 9. The van der Waals surface area contributed by atoms with Gasteiger partial charge in [0.2, 0.25) is 11.9 Å². The summed E-state index contributed by atoms with van der Waals surface area (Å²) in [5.74, 6) is 0.408. The van der Waals surface area contributed by atoms with Gasteiger partial charge in [0, 0.05) is 25.7 Å². The predicted molar refractivity (Wildman–Crippen MR) is 135 cm³/mol. The van der Waals surface area contributed by atoms with Crippen LogP contribution in [0.4, 0.5) is 22.6 Å². The van der Waals surface area contributed by atoms with Crippen LogP contribution in [0.25, 0.3) is 11.2 Å². The average molecular weight is 495 g/mol. The highest BCUT2D eigenvalue weighted by Crippen LogP contribution is 2.28. The zero-order chi connectivity index (χ0) is 24.9. The maximum atomic E-state index is 12.1. The SMILES string of the molecule is CCOC(=O)c1sc(Nc2nc(NCc3ccc(NC(C)=O)cc3)c3c(ncn3CC)n2)nc1C. The Kier molecular flexibility index (Phi) is 7.20.